The number of rotatable bonds is 7. The van der Waals surface area contributed by atoms with Crippen LogP contribution in [0.5, 0.6) is 0 Å². The lowest BCUT2D eigenvalue weighted by Crippen LogP contribution is -2.40. The summed E-state index contributed by atoms with van der Waals surface area (Å²) in [4.78, 5) is 11.5. The van der Waals surface area contributed by atoms with E-state index in [4.69, 9.17) is 9.84 Å². The molecule has 5 heteroatoms. The van der Waals surface area contributed by atoms with E-state index >= 15 is 0 Å². The van der Waals surface area contributed by atoms with E-state index in [0.29, 0.717) is 12.8 Å². The Bertz CT molecular complexity index is 369. The minimum absolute atomic E-state index is 0.182. The molecule has 0 saturated carbocycles. The van der Waals surface area contributed by atoms with Gasteiger partial charge in [0.2, 0.25) is 0 Å². The quantitative estimate of drug-likeness (QED) is 0.698. The van der Waals surface area contributed by atoms with Gasteiger partial charge in [0.25, 0.3) is 0 Å². The van der Waals surface area contributed by atoms with Crippen molar-refractivity contribution in [2.24, 2.45) is 0 Å². The third-order valence-corrected chi connectivity index (χ3v) is 2.78. The third-order valence-electron chi connectivity index (χ3n) is 2.78. The number of hydrogen-bond acceptors (Lipinski definition) is 4. The van der Waals surface area contributed by atoms with Crippen LogP contribution in [0, 0.1) is 0 Å². The summed E-state index contributed by atoms with van der Waals surface area (Å²) in [7, 11) is 0. The van der Waals surface area contributed by atoms with Crippen LogP contribution < -0.4 is 5.32 Å². The van der Waals surface area contributed by atoms with Crippen LogP contribution >= 0.6 is 0 Å². The molecular formula is C14H21NO4. The molecule has 1 aromatic carbocycles. The van der Waals surface area contributed by atoms with Gasteiger partial charge >= 0.3 is 6.09 Å². The van der Waals surface area contributed by atoms with Gasteiger partial charge in [-0.1, -0.05) is 37.3 Å². The van der Waals surface area contributed by atoms with Crippen LogP contribution in [0.1, 0.15) is 25.3 Å². The van der Waals surface area contributed by atoms with Gasteiger partial charge in [0.1, 0.15) is 6.61 Å². The van der Waals surface area contributed by atoms with Crippen LogP contribution in [0.15, 0.2) is 30.3 Å². The molecule has 0 saturated heterocycles. The molecule has 5 nitrogen and oxygen atoms in total. The first-order valence-electron chi connectivity index (χ1n) is 6.41. The number of nitrogens with one attached hydrogen (secondary N) is 1. The predicted octanol–water partition coefficient (Wildman–Crippen LogP) is 1.43. The lowest BCUT2D eigenvalue weighted by Gasteiger charge is -2.18. The van der Waals surface area contributed by atoms with E-state index in [1.807, 2.05) is 37.3 Å². The fourth-order valence-electron chi connectivity index (χ4n) is 1.61. The van der Waals surface area contributed by atoms with Crippen molar-refractivity contribution in [1.29, 1.82) is 0 Å². The maximum absolute atomic E-state index is 11.5. The van der Waals surface area contributed by atoms with Gasteiger partial charge in [-0.15, -0.1) is 0 Å². The Labute approximate surface area is 113 Å². The number of amides is 1. The highest BCUT2D eigenvalue weighted by atomic mass is 16.5. The number of aliphatic hydroxyl groups excluding tert-OH is 2. The molecule has 106 valence electrons. The molecule has 0 aromatic heterocycles. The third kappa shape index (κ3) is 6.22. The molecule has 1 amide bonds. The zero-order valence-corrected chi connectivity index (χ0v) is 11.1. The van der Waals surface area contributed by atoms with Crippen LogP contribution in [0.25, 0.3) is 0 Å². The monoisotopic (exact) mass is 267 g/mol. The molecule has 0 bridgehead atoms. The fourth-order valence-corrected chi connectivity index (χ4v) is 1.61. The Morgan fingerprint density at radius 1 is 1.37 bits per heavy atom. The topological polar surface area (TPSA) is 78.8 Å². The molecule has 1 aromatic rings. The number of benzene rings is 1. The Morgan fingerprint density at radius 3 is 2.63 bits per heavy atom. The molecule has 0 unspecified atom stereocenters. The summed E-state index contributed by atoms with van der Waals surface area (Å²) in [5.41, 5.74) is 0.895. The van der Waals surface area contributed by atoms with Gasteiger partial charge in [-0.2, -0.15) is 0 Å². The standard InChI is InChI=1S/C14H21NO4/c1-2-13(17)8-12(9-16)15-14(18)19-10-11-6-4-3-5-7-11/h3-7,12-13,16-17H,2,8-10H2,1H3,(H,15,18)/t12-,13-/m0/s1. The van der Waals surface area contributed by atoms with Gasteiger partial charge in [-0.05, 0) is 18.4 Å². The fraction of sp³-hybridized carbons (Fsp3) is 0.500. The Hall–Kier alpha value is -1.59. The molecule has 0 aliphatic heterocycles. The highest BCUT2D eigenvalue weighted by molar-refractivity contribution is 5.67. The first-order valence-corrected chi connectivity index (χ1v) is 6.41. The van der Waals surface area contributed by atoms with E-state index in [-0.39, 0.29) is 13.2 Å². The maximum atomic E-state index is 11.5. The smallest absolute Gasteiger partial charge is 0.407 e. The molecule has 0 aliphatic rings. The van der Waals surface area contributed by atoms with E-state index in [1.54, 1.807) is 0 Å². The van der Waals surface area contributed by atoms with Crippen LogP contribution in [0.4, 0.5) is 4.79 Å². The molecule has 0 radical (unpaired) electrons. The second-order valence-corrected chi connectivity index (χ2v) is 4.38. The van der Waals surface area contributed by atoms with Crippen molar-refractivity contribution in [3.63, 3.8) is 0 Å². The number of carbonyl (C=O) groups excluding carboxylic acids is 1. The van der Waals surface area contributed by atoms with E-state index in [9.17, 15) is 9.90 Å². The number of alkyl carbamates (subject to hydrolysis) is 1. The minimum atomic E-state index is -0.591. The van der Waals surface area contributed by atoms with E-state index in [2.05, 4.69) is 5.32 Å². The second-order valence-electron chi connectivity index (χ2n) is 4.38. The first kappa shape index (κ1) is 15.5. The molecule has 1 rings (SSSR count). The van der Waals surface area contributed by atoms with Gasteiger partial charge in [0.15, 0.2) is 0 Å². The summed E-state index contributed by atoms with van der Waals surface area (Å²) < 4.78 is 5.03. The van der Waals surface area contributed by atoms with E-state index < -0.39 is 18.2 Å². The lowest BCUT2D eigenvalue weighted by atomic mass is 10.1. The summed E-state index contributed by atoms with van der Waals surface area (Å²) in [6, 6.07) is 8.85. The highest BCUT2D eigenvalue weighted by Gasteiger charge is 2.15. The molecule has 19 heavy (non-hydrogen) atoms. The molecule has 0 heterocycles. The average molecular weight is 267 g/mol. The zero-order chi connectivity index (χ0) is 14.1. The van der Waals surface area contributed by atoms with E-state index in [0.717, 1.165) is 5.56 Å². The van der Waals surface area contributed by atoms with Gasteiger partial charge < -0.3 is 20.3 Å². The molecule has 0 spiro atoms. The van der Waals surface area contributed by atoms with E-state index in [1.165, 1.54) is 0 Å². The maximum Gasteiger partial charge on any atom is 0.407 e. The lowest BCUT2D eigenvalue weighted by molar-refractivity contribution is 0.106. The molecule has 0 aliphatic carbocycles. The summed E-state index contributed by atoms with van der Waals surface area (Å²) in [5, 5.41) is 21.1. The Morgan fingerprint density at radius 2 is 2.05 bits per heavy atom. The van der Waals surface area contributed by atoms with Crippen molar-refractivity contribution in [3.05, 3.63) is 35.9 Å². The normalized spacial score (nSPS) is 13.6. The predicted molar refractivity (Wildman–Crippen MR) is 71.6 cm³/mol. The molecule has 2 atom stereocenters. The SMILES string of the molecule is CC[C@H](O)C[C@@H](CO)NC(=O)OCc1ccccc1. The summed E-state index contributed by atoms with van der Waals surface area (Å²) in [5.74, 6) is 0. The van der Waals surface area contributed by atoms with Crippen LogP contribution in [0.2, 0.25) is 0 Å². The zero-order valence-electron chi connectivity index (χ0n) is 11.1. The summed E-state index contributed by atoms with van der Waals surface area (Å²) in [6.07, 6.45) is -0.234. The Kier molecular flexibility index (Phi) is 6.92. The highest BCUT2D eigenvalue weighted by Crippen LogP contribution is 2.04. The van der Waals surface area contributed by atoms with Gasteiger partial charge in [0.05, 0.1) is 18.8 Å². The first-order chi connectivity index (χ1) is 9.15. The second kappa shape index (κ2) is 8.50. The number of aliphatic hydroxyl groups is 2. The average Bonchev–Trinajstić information content (AvgIpc) is 2.45. The summed E-state index contributed by atoms with van der Waals surface area (Å²) >= 11 is 0. The van der Waals surface area contributed by atoms with Crippen LogP contribution in [0.3, 0.4) is 0 Å². The molecular weight excluding hydrogens is 246 g/mol. The Balaban J connectivity index is 2.33. The van der Waals surface area contributed by atoms with Gasteiger partial charge in [-0.25, -0.2) is 4.79 Å². The van der Waals surface area contributed by atoms with Gasteiger partial charge in [0, 0.05) is 0 Å². The number of hydrogen-bond donors (Lipinski definition) is 3. The molecule has 3 N–H and O–H groups in total. The van der Waals surface area contributed by atoms with Crippen molar-refractivity contribution in [3.8, 4) is 0 Å². The van der Waals surface area contributed by atoms with Crippen molar-refractivity contribution < 1.29 is 19.7 Å². The molecule has 0 fully saturated rings. The van der Waals surface area contributed by atoms with Crippen molar-refractivity contribution >= 4 is 6.09 Å². The largest absolute Gasteiger partial charge is 0.445 e. The summed E-state index contributed by atoms with van der Waals surface area (Å²) in [6.45, 7) is 1.80. The van der Waals surface area contributed by atoms with Crippen molar-refractivity contribution in [1.82, 2.24) is 5.32 Å². The number of ether oxygens (including phenoxy) is 1. The van der Waals surface area contributed by atoms with Crippen LogP contribution in [-0.2, 0) is 11.3 Å². The van der Waals surface area contributed by atoms with Crippen molar-refractivity contribution in [2.75, 3.05) is 6.61 Å². The van der Waals surface area contributed by atoms with Crippen molar-refractivity contribution in [2.45, 2.75) is 38.5 Å². The number of carbonyl (C=O) groups is 1. The van der Waals surface area contributed by atoms with Crippen LogP contribution in [-0.4, -0.2) is 35.1 Å². The van der Waals surface area contributed by atoms with Gasteiger partial charge in [-0.3, -0.25) is 0 Å². The minimum Gasteiger partial charge on any atom is -0.445 e.